The first kappa shape index (κ1) is 24.5. The summed E-state index contributed by atoms with van der Waals surface area (Å²) in [6, 6.07) is 0.110. The molecule has 1 saturated heterocycles. The summed E-state index contributed by atoms with van der Waals surface area (Å²) in [5, 5.41) is 10.2. The van der Waals surface area contributed by atoms with E-state index in [1.165, 1.54) is 0 Å². The number of nitrogens with zero attached hydrogens (tertiary/aromatic N) is 2. The third-order valence-electron chi connectivity index (χ3n) is 4.64. The minimum atomic E-state index is -5.08. The molecule has 3 atom stereocenters. The highest BCUT2D eigenvalue weighted by Gasteiger charge is 2.45. The summed E-state index contributed by atoms with van der Waals surface area (Å²) in [6.45, 7) is 6.32. The Morgan fingerprint density at radius 1 is 1.40 bits per heavy atom. The molecular weight excluding hydrogens is 429 g/mol. The second-order valence-electron chi connectivity index (χ2n) is 6.71. The Hall–Kier alpha value is -1.76. The molecule has 30 heavy (non-hydrogen) atoms. The molecule has 170 valence electrons. The lowest BCUT2D eigenvalue weighted by Crippen LogP contribution is -2.54. The number of aromatic nitrogens is 1. The Kier molecular flexibility index (Phi) is 9.01. The van der Waals surface area contributed by atoms with Crippen molar-refractivity contribution in [1.82, 2.24) is 9.88 Å². The number of fused-ring (bicyclic) bond motifs is 1. The Morgan fingerprint density at radius 3 is 2.67 bits per heavy atom. The van der Waals surface area contributed by atoms with E-state index in [1.807, 2.05) is 24.1 Å². The van der Waals surface area contributed by atoms with Crippen LogP contribution >= 0.6 is 11.3 Å². The van der Waals surface area contributed by atoms with E-state index in [0.29, 0.717) is 26.4 Å². The molecule has 2 fully saturated rings. The maximum Gasteiger partial charge on any atom is 0.490 e. The van der Waals surface area contributed by atoms with E-state index >= 15 is 0 Å². The minimum Gasteiger partial charge on any atom is -0.475 e. The number of alkyl halides is 3. The molecule has 2 heterocycles. The van der Waals surface area contributed by atoms with E-state index in [0.717, 1.165) is 23.5 Å². The second-order valence-corrected chi connectivity index (χ2v) is 7.78. The predicted molar refractivity (Wildman–Crippen MR) is 100 cm³/mol. The van der Waals surface area contributed by atoms with Crippen LogP contribution in [0.5, 0.6) is 0 Å². The van der Waals surface area contributed by atoms with E-state index in [9.17, 15) is 18.0 Å². The number of morpholine rings is 1. The van der Waals surface area contributed by atoms with E-state index in [4.69, 9.17) is 24.1 Å². The first-order valence-corrected chi connectivity index (χ1v) is 10.3. The van der Waals surface area contributed by atoms with Gasteiger partial charge in [-0.1, -0.05) is 0 Å². The van der Waals surface area contributed by atoms with Crippen molar-refractivity contribution < 1.29 is 42.1 Å². The van der Waals surface area contributed by atoms with Gasteiger partial charge in [-0.05, 0) is 26.7 Å². The molecule has 1 aromatic heterocycles. The lowest BCUT2D eigenvalue weighted by atomic mass is 10.1. The zero-order valence-electron chi connectivity index (χ0n) is 16.7. The van der Waals surface area contributed by atoms with Crippen LogP contribution in [0.15, 0.2) is 5.38 Å². The van der Waals surface area contributed by atoms with Crippen molar-refractivity contribution in [3.05, 3.63) is 16.1 Å². The van der Waals surface area contributed by atoms with Crippen LogP contribution in [-0.4, -0.2) is 77.7 Å². The third-order valence-corrected chi connectivity index (χ3v) is 5.46. The number of aliphatic carboxylic acids is 1. The second kappa shape index (κ2) is 11.0. The fourth-order valence-corrected chi connectivity index (χ4v) is 3.94. The molecule has 2 aliphatic rings. The molecule has 1 amide bonds. The number of rotatable bonds is 6. The number of carbonyl (C=O) groups excluding carboxylic acids is 1. The van der Waals surface area contributed by atoms with E-state index in [2.05, 4.69) is 4.98 Å². The van der Waals surface area contributed by atoms with Gasteiger partial charge in [-0.15, -0.1) is 11.3 Å². The monoisotopic (exact) mass is 454 g/mol. The molecule has 0 bridgehead atoms. The van der Waals surface area contributed by atoms with Crippen LogP contribution in [0.1, 0.15) is 30.5 Å². The third kappa shape index (κ3) is 6.89. The number of carboxylic acid groups (broad SMARTS) is 1. The minimum absolute atomic E-state index is 0.0321. The quantitative estimate of drug-likeness (QED) is 0.705. The number of hydrogen-bond acceptors (Lipinski definition) is 7. The van der Waals surface area contributed by atoms with E-state index in [1.54, 1.807) is 11.3 Å². The Morgan fingerprint density at radius 2 is 2.10 bits per heavy atom. The number of hydrogen-bond donors (Lipinski definition) is 1. The molecule has 1 aromatic rings. The molecule has 8 nitrogen and oxygen atoms in total. The standard InChI is InChI=1S/C16H24N2O4S.C2HF3O2/c1-3-20-9-15(19)18-6-7-21-16-13(18)4-5-14(16)22-8-12-10-23-11(2)17-12;3-2(4,5)1(6)7/h10,13-14,16H,3-9H2,1-2H3;(H,6,7)/t13-,14+,16+;/m0./s1. The molecule has 3 rings (SSSR count). The number of halogens is 3. The number of carboxylic acids is 1. The van der Waals surface area contributed by atoms with Gasteiger partial charge in [0, 0.05) is 18.5 Å². The highest BCUT2D eigenvalue weighted by molar-refractivity contribution is 7.09. The van der Waals surface area contributed by atoms with Crippen LogP contribution in [0, 0.1) is 6.92 Å². The van der Waals surface area contributed by atoms with Gasteiger partial charge in [0.1, 0.15) is 12.7 Å². The summed E-state index contributed by atoms with van der Waals surface area (Å²) in [6.07, 6.45) is -3.25. The van der Waals surface area contributed by atoms with Gasteiger partial charge in [0.25, 0.3) is 0 Å². The lowest BCUT2D eigenvalue weighted by molar-refractivity contribution is -0.192. The first-order valence-electron chi connectivity index (χ1n) is 9.45. The molecule has 1 N–H and O–H groups in total. The van der Waals surface area contributed by atoms with Crippen molar-refractivity contribution in [3.63, 3.8) is 0 Å². The van der Waals surface area contributed by atoms with Gasteiger partial charge in [0.15, 0.2) is 0 Å². The number of amides is 1. The van der Waals surface area contributed by atoms with Crippen LogP contribution in [0.2, 0.25) is 0 Å². The molecule has 0 spiro atoms. The molecule has 12 heteroatoms. The Bertz CT molecular complexity index is 714. The van der Waals surface area contributed by atoms with Crippen molar-refractivity contribution in [3.8, 4) is 0 Å². The van der Waals surface area contributed by atoms with Crippen LogP contribution in [0.25, 0.3) is 0 Å². The molecule has 0 radical (unpaired) electrons. The molecule has 1 aliphatic carbocycles. The lowest BCUT2D eigenvalue weighted by Gasteiger charge is -2.39. The zero-order valence-corrected chi connectivity index (χ0v) is 17.5. The van der Waals surface area contributed by atoms with Crippen LogP contribution in [-0.2, 0) is 30.4 Å². The fraction of sp³-hybridized carbons (Fsp3) is 0.722. The molecule has 0 unspecified atom stereocenters. The SMILES string of the molecule is CCOCC(=O)N1CCO[C@H]2[C@H](OCc3csc(C)n3)CC[C@@H]21.O=C(O)C(F)(F)F. The van der Waals surface area contributed by atoms with Gasteiger partial charge in [0.05, 0.1) is 36.1 Å². The average molecular weight is 454 g/mol. The Labute approximate surface area is 175 Å². The van der Waals surface area contributed by atoms with Gasteiger partial charge in [-0.3, -0.25) is 4.79 Å². The predicted octanol–water partition coefficient (Wildman–Crippen LogP) is 2.40. The molecule has 1 aliphatic heterocycles. The summed E-state index contributed by atoms with van der Waals surface area (Å²) in [4.78, 5) is 27.5. The average Bonchev–Trinajstić information content (AvgIpc) is 3.29. The van der Waals surface area contributed by atoms with Crippen molar-refractivity contribution in [2.75, 3.05) is 26.4 Å². The summed E-state index contributed by atoms with van der Waals surface area (Å²) in [5.41, 5.74) is 0.969. The fourth-order valence-electron chi connectivity index (χ4n) is 3.34. The normalized spacial score (nSPS) is 23.5. The summed E-state index contributed by atoms with van der Waals surface area (Å²) >= 11 is 1.63. The van der Waals surface area contributed by atoms with Gasteiger partial charge in [-0.25, -0.2) is 9.78 Å². The maximum absolute atomic E-state index is 12.3. The molecular formula is C18H25F3N2O6S. The van der Waals surface area contributed by atoms with E-state index < -0.39 is 12.1 Å². The highest BCUT2D eigenvalue weighted by Crippen LogP contribution is 2.32. The van der Waals surface area contributed by atoms with Crippen LogP contribution < -0.4 is 0 Å². The first-order chi connectivity index (χ1) is 14.1. The number of ether oxygens (including phenoxy) is 3. The van der Waals surface area contributed by atoms with E-state index in [-0.39, 0.29) is 30.8 Å². The van der Waals surface area contributed by atoms with Gasteiger partial charge in [0.2, 0.25) is 5.91 Å². The van der Waals surface area contributed by atoms with Gasteiger partial charge < -0.3 is 24.2 Å². The summed E-state index contributed by atoms with van der Waals surface area (Å²) in [5.74, 6) is -2.70. The smallest absolute Gasteiger partial charge is 0.475 e. The largest absolute Gasteiger partial charge is 0.490 e. The van der Waals surface area contributed by atoms with Crippen molar-refractivity contribution >= 4 is 23.2 Å². The van der Waals surface area contributed by atoms with Crippen LogP contribution in [0.4, 0.5) is 13.2 Å². The number of aryl methyl sites for hydroxylation is 1. The van der Waals surface area contributed by atoms with Crippen molar-refractivity contribution in [2.45, 2.75) is 57.7 Å². The zero-order chi connectivity index (χ0) is 22.3. The maximum atomic E-state index is 12.3. The summed E-state index contributed by atoms with van der Waals surface area (Å²) < 4.78 is 48.9. The van der Waals surface area contributed by atoms with Crippen LogP contribution in [0.3, 0.4) is 0 Å². The summed E-state index contributed by atoms with van der Waals surface area (Å²) in [7, 11) is 0. The molecule has 1 saturated carbocycles. The Balaban J connectivity index is 0.000000396. The highest BCUT2D eigenvalue weighted by atomic mass is 32.1. The molecule has 0 aromatic carbocycles. The number of carbonyl (C=O) groups is 2. The van der Waals surface area contributed by atoms with Gasteiger partial charge >= 0.3 is 12.1 Å². The van der Waals surface area contributed by atoms with Crippen molar-refractivity contribution in [2.24, 2.45) is 0 Å². The number of thiazole rings is 1. The van der Waals surface area contributed by atoms with Crippen molar-refractivity contribution in [1.29, 1.82) is 0 Å². The topological polar surface area (TPSA) is 98.2 Å². The van der Waals surface area contributed by atoms with Gasteiger partial charge in [-0.2, -0.15) is 13.2 Å².